The minimum absolute atomic E-state index is 0.226. The van der Waals surface area contributed by atoms with Crippen molar-refractivity contribution < 1.29 is 9.90 Å². The maximum Gasteiger partial charge on any atom is 0.337 e. The lowest BCUT2D eigenvalue weighted by Gasteiger charge is -2.03. The second-order valence-corrected chi connectivity index (χ2v) is 4.76. The molecule has 2 aromatic heterocycles. The van der Waals surface area contributed by atoms with Crippen LogP contribution in [0.2, 0.25) is 0 Å². The highest BCUT2D eigenvalue weighted by Crippen LogP contribution is 2.19. The second-order valence-electron chi connectivity index (χ2n) is 4.76. The van der Waals surface area contributed by atoms with Crippen LogP contribution < -0.4 is 0 Å². The van der Waals surface area contributed by atoms with Crippen molar-refractivity contribution in [2.45, 2.75) is 13.5 Å². The molecule has 0 atom stereocenters. The number of carboxylic acid groups (broad SMARTS) is 1. The Balaban J connectivity index is 2.07. The van der Waals surface area contributed by atoms with Crippen LogP contribution in [0.4, 0.5) is 0 Å². The van der Waals surface area contributed by atoms with Crippen molar-refractivity contribution in [3.63, 3.8) is 0 Å². The minimum atomic E-state index is -0.960. The number of aromatic carboxylic acids is 1. The molecule has 0 unspecified atom stereocenters. The number of hydrogen-bond donors (Lipinski definition) is 1. The monoisotopic (exact) mass is 270 g/mol. The molecule has 102 valence electrons. The van der Waals surface area contributed by atoms with Crippen LogP contribution >= 0.6 is 0 Å². The number of carbonyl (C=O) groups is 1. The lowest BCUT2D eigenvalue weighted by molar-refractivity contribution is 0.0699. The van der Waals surface area contributed by atoms with E-state index in [0.717, 1.165) is 16.8 Å². The highest BCUT2D eigenvalue weighted by atomic mass is 16.4. The number of hydrogen-bond acceptors (Lipinski definition) is 3. The summed E-state index contributed by atoms with van der Waals surface area (Å²) in [5, 5.41) is 13.5. The van der Waals surface area contributed by atoms with Gasteiger partial charge in [-0.05, 0) is 19.1 Å². The van der Waals surface area contributed by atoms with Crippen molar-refractivity contribution in [3.05, 3.63) is 47.5 Å². The molecule has 3 rings (SSSR count). The molecule has 0 fully saturated rings. The number of rotatable bonds is 3. The predicted octanol–water partition coefficient (Wildman–Crippen LogP) is 1.82. The largest absolute Gasteiger partial charge is 0.478 e. The van der Waals surface area contributed by atoms with E-state index in [4.69, 9.17) is 5.11 Å². The van der Waals surface area contributed by atoms with Crippen molar-refractivity contribution in [2.24, 2.45) is 7.05 Å². The Hall–Kier alpha value is -2.63. The Labute approximate surface area is 115 Å². The third-order valence-electron chi connectivity index (χ3n) is 3.34. The quantitative estimate of drug-likeness (QED) is 0.788. The molecule has 20 heavy (non-hydrogen) atoms. The zero-order valence-corrected chi connectivity index (χ0v) is 11.2. The van der Waals surface area contributed by atoms with E-state index < -0.39 is 5.97 Å². The van der Waals surface area contributed by atoms with Gasteiger partial charge in [-0.2, -0.15) is 5.10 Å². The first-order valence-electron chi connectivity index (χ1n) is 6.22. The van der Waals surface area contributed by atoms with Crippen LogP contribution in [-0.4, -0.2) is 30.4 Å². The molecule has 1 aromatic carbocycles. The summed E-state index contributed by atoms with van der Waals surface area (Å²) in [6.45, 7) is 2.58. The van der Waals surface area contributed by atoms with Gasteiger partial charge in [0.15, 0.2) is 0 Å². The maximum atomic E-state index is 11.2. The molecule has 1 N–H and O–H groups in total. The van der Waals surface area contributed by atoms with Crippen LogP contribution in [0.3, 0.4) is 0 Å². The van der Waals surface area contributed by atoms with Crippen LogP contribution in [0, 0.1) is 6.92 Å². The van der Waals surface area contributed by atoms with Crippen LogP contribution in [0.1, 0.15) is 21.6 Å². The van der Waals surface area contributed by atoms with Gasteiger partial charge in [0, 0.05) is 18.8 Å². The van der Waals surface area contributed by atoms with Gasteiger partial charge >= 0.3 is 5.97 Å². The predicted molar refractivity (Wildman–Crippen MR) is 73.7 cm³/mol. The third-order valence-corrected chi connectivity index (χ3v) is 3.34. The molecule has 0 saturated heterocycles. The molecule has 0 spiro atoms. The average molecular weight is 270 g/mol. The smallest absolute Gasteiger partial charge is 0.337 e. The average Bonchev–Trinajstić information content (AvgIpc) is 2.94. The summed E-state index contributed by atoms with van der Waals surface area (Å²) in [7, 11) is 1.88. The van der Waals surface area contributed by atoms with Crippen molar-refractivity contribution >= 4 is 17.0 Å². The molecule has 0 radical (unpaired) electrons. The highest BCUT2D eigenvalue weighted by molar-refractivity contribution is 6.00. The fraction of sp³-hybridized carbons (Fsp3) is 0.214. The topological polar surface area (TPSA) is 72.9 Å². The van der Waals surface area contributed by atoms with E-state index in [0.29, 0.717) is 12.1 Å². The molecule has 0 aliphatic rings. The summed E-state index contributed by atoms with van der Waals surface area (Å²) in [6, 6.07) is 5.18. The first-order valence-corrected chi connectivity index (χ1v) is 6.22. The minimum Gasteiger partial charge on any atom is -0.478 e. The van der Waals surface area contributed by atoms with E-state index in [1.807, 2.05) is 30.8 Å². The van der Waals surface area contributed by atoms with Crippen LogP contribution in [0.5, 0.6) is 0 Å². The lowest BCUT2D eigenvalue weighted by Crippen LogP contribution is -2.00. The standard InChI is InChI=1S/C14H14N4O2/c1-9-10(6-17(2)16-9)7-18-8-15-13-11(14(19)20)4-3-5-12(13)18/h3-6,8H,7H2,1-2H3,(H,19,20). The molecule has 0 bridgehead atoms. The number of para-hydroxylation sites is 1. The summed E-state index contributed by atoms with van der Waals surface area (Å²) in [6.07, 6.45) is 3.63. The molecular formula is C14H14N4O2. The van der Waals surface area contributed by atoms with Gasteiger partial charge in [0.1, 0.15) is 5.52 Å². The summed E-state index contributed by atoms with van der Waals surface area (Å²) in [5.74, 6) is -0.960. The lowest BCUT2D eigenvalue weighted by atomic mass is 10.2. The van der Waals surface area contributed by atoms with E-state index in [-0.39, 0.29) is 5.56 Å². The Bertz CT molecular complexity index is 801. The molecule has 0 saturated carbocycles. The van der Waals surface area contributed by atoms with Crippen molar-refractivity contribution in [2.75, 3.05) is 0 Å². The third kappa shape index (κ3) is 1.95. The van der Waals surface area contributed by atoms with Gasteiger partial charge < -0.3 is 9.67 Å². The van der Waals surface area contributed by atoms with Crippen LogP contribution in [-0.2, 0) is 13.6 Å². The first kappa shape index (κ1) is 12.4. The molecule has 3 aromatic rings. The fourth-order valence-corrected chi connectivity index (χ4v) is 2.37. The summed E-state index contributed by atoms with van der Waals surface area (Å²) in [5.41, 5.74) is 3.61. The Morgan fingerprint density at radius 1 is 1.40 bits per heavy atom. The molecule has 6 heteroatoms. The number of nitrogens with zero attached hydrogens (tertiary/aromatic N) is 4. The number of carboxylic acids is 1. The van der Waals surface area contributed by atoms with Gasteiger partial charge in [-0.1, -0.05) is 6.07 Å². The second kappa shape index (κ2) is 4.48. The number of imidazole rings is 1. The van der Waals surface area contributed by atoms with Gasteiger partial charge in [0.25, 0.3) is 0 Å². The molecule has 0 aliphatic carbocycles. The van der Waals surface area contributed by atoms with E-state index in [1.54, 1.807) is 23.1 Å². The Morgan fingerprint density at radius 2 is 2.20 bits per heavy atom. The summed E-state index contributed by atoms with van der Waals surface area (Å²) < 4.78 is 3.71. The van der Waals surface area contributed by atoms with E-state index >= 15 is 0 Å². The maximum absolute atomic E-state index is 11.2. The number of fused-ring (bicyclic) bond motifs is 1. The Kier molecular flexibility index (Phi) is 2.78. The van der Waals surface area contributed by atoms with Gasteiger partial charge in [0.2, 0.25) is 0 Å². The molecule has 6 nitrogen and oxygen atoms in total. The van der Waals surface area contributed by atoms with Gasteiger partial charge in [0.05, 0.1) is 29.6 Å². The first-order chi connectivity index (χ1) is 9.56. The van der Waals surface area contributed by atoms with Gasteiger partial charge in [-0.3, -0.25) is 4.68 Å². The van der Waals surface area contributed by atoms with Crippen molar-refractivity contribution in [1.29, 1.82) is 0 Å². The Morgan fingerprint density at radius 3 is 2.85 bits per heavy atom. The molecular weight excluding hydrogens is 256 g/mol. The SMILES string of the molecule is Cc1nn(C)cc1Cn1cnc2c(C(=O)O)cccc21. The normalized spacial score (nSPS) is 11.1. The zero-order chi connectivity index (χ0) is 14.3. The number of benzene rings is 1. The van der Waals surface area contributed by atoms with Gasteiger partial charge in [-0.25, -0.2) is 9.78 Å². The van der Waals surface area contributed by atoms with Crippen molar-refractivity contribution in [1.82, 2.24) is 19.3 Å². The zero-order valence-electron chi connectivity index (χ0n) is 11.2. The van der Waals surface area contributed by atoms with Crippen molar-refractivity contribution in [3.8, 4) is 0 Å². The summed E-state index contributed by atoms with van der Waals surface area (Å²) in [4.78, 5) is 15.4. The molecule has 0 amide bonds. The van der Waals surface area contributed by atoms with E-state index in [1.165, 1.54) is 0 Å². The number of aryl methyl sites for hydroxylation is 2. The molecule has 2 heterocycles. The van der Waals surface area contributed by atoms with Crippen LogP contribution in [0.25, 0.3) is 11.0 Å². The van der Waals surface area contributed by atoms with Gasteiger partial charge in [-0.15, -0.1) is 0 Å². The summed E-state index contributed by atoms with van der Waals surface area (Å²) >= 11 is 0. The fourth-order valence-electron chi connectivity index (χ4n) is 2.37. The van der Waals surface area contributed by atoms with E-state index in [9.17, 15) is 4.79 Å². The highest BCUT2D eigenvalue weighted by Gasteiger charge is 2.13. The van der Waals surface area contributed by atoms with E-state index in [2.05, 4.69) is 10.1 Å². The number of aromatic nitrogens is 4. The molecule has 0 aliphatic heterocycles. The van der Waals surface area contributed by atoms with Crippen LogP contribution in [0.15, 0.2) is 30.7 Å².